The van der Waals surface area contributed by atoms with Crippen molar-refractivity contribution in [3.8, 4) is 0 Å². The minimum absolute atomic E-state index is 0.176. The van der Waals surface area contributed by atoms with Crippen LogP contribution >= 0.6 is 0 Å². The summed E-state index contributed by atoms with van der Waals surface area (Å²) in [7, 11) is 3.83. The Morgan fingerprint density at radius 2 is 1.77 bits per heavy atom. The molecule has 1 aliphatic carbocycles. The zero-order valence-corrected chi connectivity index (χ0v) is 18.6. The van der Waals surface area contributed by atoms with Crippen LogP contribution in [0, 0.1) is 11.8 Å². The Morgan fingerprint density at radius 3 is 2.32 bits per heavy atom. The number of nitrogens with zero attached hydrogens (tertiary/aromatic N) is 3. The maximum absolute atomic E-state index is 13.0. The standard InChI is InChI=1S/C23H35F3N4O/c1-28(2)21(22(27)31)18-8-6-17(7-9-18)10-11-29-12-14-30(15-13-29)20-5-3-4-19(16-20)23(24,25)26/h3-5,16-18,21H,6-15H2,1-2H3,(H2,27,31). The lowest BCUT2D eigenvalue weighted by molar-refractivity contribution is -0.137. The highest BCUT2D eigenvalue weighted by atomic mass is 19.4. The van der Waals surface area contributed by atoms with Gasteiger partial charge in [0.1, 0.15) is 0 Å². The normalized spacial score (nSPS) is 24.4. The summed E-state index contributed by atoms with van der Waals surface area (Å²) < 4.78 is 38.9. The van der Waals surface area contributed by atoms with Crippen LogP contribution in [0.4, 0.5) is 18.9 Å². The van der Waals surface area contributed by atoms with Crippen LogP contribution in [0.15, 0.2) is 24.3 Å². The SMILES string of the molecule is CN(C)C(C(N)=O)C1CCC(CCN2CCN(c3cccc(C(F)(F)F)c3)CC2)CC1. The van der Waals surface area contributed by atoms with Crippen molar-refractivity contribution in [3.05, 3.63) is 29.8 Å². The van der Waals surface area contributed by atoms with Crippen LogP contribution in [0.2, 0.25) is 0 Å². The Bertz CT molecular complexity index is 724. The van der Waals surface area contributed by atoms with E-state index in [2.05, 4.69) is 4.90 Å². The van der Waals surface area contributed by atoms with Gasteiger partial charge in [0.2, 0.25) is 5.91 Å². The topological polar surface area (TPSA) is 52.8 Å². The van der Waals surface area contributed by atoms with Crippen molar-refractivity contribution in [3.63, 3.8) is 0 Å². The Balaban J connectivity index is 1.41. The fraction of sp³-hybridized carbons (Fsp3) is 0.696. The summed E-state index contributed by atoms with van der Waals surface area (Å²) in [6.07, 6.45) is 1.18. The lowest BCUT2D eigenvalue weighted by Gasteiger charge is -2.38. The maximum atomic E-state index is 13.0. The largest absolute Gasteiger partial charge is 0.416 e. The molecule has 1 saturated heterocycles. The van der Waals surface area contributed by atoms with E-state index >= 15 is 0 Å². The third-order valence-electron chi connectivity index (χ3n) is 6.95. The van der Waals surface area contributed by atoms with Gasteiger partial charge in [-0.2, -0.15) is 13.2 Å². The van der Waals surface area contributed by atoms with Crippen LogP contribution in [-0.2, 0) is 11.0 Å². The van der Waals surface area contributed by atoms with E-state index in [1.165, 1.54) is 12.1 Å². The van der Waals surface area contributed by atoms with Gasteiger partial charge < -0.3 is 10.6 Å². The zero-order chi connectivity index (χ0) is 22.6. The van der Waals surface area contributed by atoms with Crippen molar-refractivity contribution >= 4 is 11.6 Å². The number of rotatable bonds is 7. The second-order valence-corrected chi connectivity index (χ2v) is 9.26. The molecule has 5 nitrogen and oxygen atoms in total. The van der Waals surface area contributed by atoms with Gasteiger partial charge in [0.15, 0.2) is 0 Å². The molecule has 8 heteroatoms. The highest BCUT2D eigenvalue weighted by Crippen LogP contribution is 2.34. The predicted octanol–water partition coefficient (Wildman–Crippen LogP) is 3.44. The van der Waals surface area contributed by atoms with Crippen LogP contribution in [-0.4, -0.2) is 68.6 Å². The first-order valence-corrected chi connectivity index (χ1v) is 11.3. The number of amides is 1. The fourth-order valence-corrected chi connectivity index (χ4v) is 5.17. The minimum atomic E-state index is -4.30. The van der Waals surface area contributed by atoms with Gasteiger partial charge in [0.25, 0.3) is 0 Å². The number of alkyl halides is 3. The Kier molecular flexibility index (Phi) is 7.86. The number of benzene rings is 1. The number of halogens is 3. The Labute approximate surface area is 183 Å². The van der Waals surface area contributed by atoms with Crippen LogP contribution in [0.5, 0.6) is 0 Å². The lowest BCUT2D eigenvalue weighted by Crippen LogP contribution is -2.47. The molecule has 1 unspecified atom stereocenters. The van der Waals surface area contributed by atoms with Crippen LogP contribution in [0.3, 0.4) is 0 Å². The molecule has 31 heavy (non-hydrogen) atoms. The molecule has 1 aromatic rings. The van der Waals surface area contributed by atoms with E-state index in [1.807, 2.05) is 23.9 Å². The molecule has 0 spiro atoms. The number of likely N-dealkylation sites (N-methyl/N-ethyl adjacent to an activating group) is 1. The minimum Gasteiger partial charge on any atom is -0.369 e. The monoisotopic (exact) mass is 440 g/mol. The molecule has 1 saturated carbocycles. The molecule has 1 amide bonds. The number of hydrogen-bond donors (Lipinski definition) is 1. The van der Waals surface area contributed by atoms with Gasteiger partial charge in [-0.25, -0.2) is 0 Å². The fourth-order valence-electron chi connectivity index (χ4n) is 5.17. The summed E-state index contributed by atoms with van der Waals surface area (Å²) in [5, 5.41) is 0. The van der Waals surface area contributed by atoms with E-state index in [9.17, 15) is 18.0 Å². The second kappa shape index (κ2) is 10.2. The van der Waals surface area contributed by atoms with Gasteiger partial charge in [-0.05, 0) is 69.9 Å². The Morgan fingerprint density at radius 1 is 1.13 bits per heavy atom. The van der Waals surface area contributed by atoms with Crippen molar-refractivity contribution < 1.29 is 18.0 Å². The lowest BCUT2D eigenvalue weighted by atomic mass is 9.77. The first-order chi connectivity index (χ1) is 14.6. The molecule has 3 rings (SSSR count). The van der Waals surface area contributed by atoms with Crippen LogP contribution in [0.25, 0.3) is 0 Å². The van der Waals surface area contributed by atoms with Crippen molar-refractivity contribution in [2.45, 2.75) is 44.3 Å². The van der Waals surface area contributed by atoms with E-state index in [0.29, 0.717) is 17.5 Å². The van der Waals surface area contributed by atoms with Gasteiger partial charge in [0.05, 0.1) is 11.6 Å². The number of primary amides is 1. The summed E-state index contributed by atoms with van der Waals surface area (Å²) >= 11 is 0. The highest BCUT2D eigenvalue weighted by molar-refractivity contribution is 5.80. The third-order valence-corrected chi connectivity index (χ3v) is 6.95. The van der Waals surface area contributed by atoms with Crippen LogP contribution in [0.1, 0.15) is 37.7 Å². The molecule has 1 heterocycles. The molecule has 2 N–H and O–H groups in total. The van der Waals surface area contributed by atoms with E-state index in [4.69, 9.17) is 5.73 Å². The van der Waals surface area contributed by atoms with E-state index < -0.39 is 11.7 Å². The molecule has 1 aliphatic heterocycles. The smallest absolute Gasteiger partial charge is 0.369 e. The quantitative estimate of drug-likeness (QED) is 0.706. The number of piperazine rings is 1. The molecular formula is C23H35F3N4O. The molecule has 1 aromatic carbocycles. The molecule has 2 fully saturated rings. The second-order valence-electron chi connectivity index (χ2n) is 9.26. The van der Waals surface area contributed by atoms with E-state index in [-0.39, 0.29) is 11.9 Å². The highest BCUT2D eigenvalue weighted by Gasteiger charge is 2.33. The summed E-state index contributed by atoms with van der Waals surface area (Å²) in [4.78, 5) is 18.2. The molecule has 0 bridgehead atoms. The van der Waals surface area contributed by atoms with Gasteiger partial charge in [-0.1, -0.05) is 18.9 Å². The van der Waals surface area contributed by atoms with E-state index in [0.717, 1.165) is 70.9 Å². The Hall–Kier alpha value is -1.80. The number of carbonyl (C=O) groups is 1. The van der Waals surface area contributed by atoms with E-state index in [1.54, 1.807) is 6.07 Å². The van der Waals surface area contributed by atoms with Crippen LogP contribution < -0.4 is 10.6 Å². The molecule has 174 valence electrons. The van der Waals surface area contributed by atoms with Gasteiger partial charge in [-0.3, -0.25) is 14.6 Å². The summed E-state index contributed by atoms with van der Waals surface area (Å²) in [6.45, 7) is 4.26. The third kappa shape index (κ3) is 6.35. The van der Waals surface area contributed by atoms with Crippen molar-refractivity contribution in [1.29, 1.82) is 0 Å². The average Bonchev–Trinajstić information content (AvgIpc) is 2.72. The molecule has 0 aromatic heterocycles. The number of nitrogens with two attached hydrogens (primary N) is 1. The number of hydrogen-bond acceptors (Lipinski definition) is 4. The summed E-state index contributed by atoms with van der Waals surface area (Å²) in [6, 6.07) is 5.45. The molecule has 0 radical (unpaired) electrons. The maximum Gasteiger partial charge on any atom is 0.416 e. The summed E-state index contributed by atoms with van der Waals surface area (Å²) in [5.74, 6) is 0.792. The van der Waals surface area contributed by atoms with Gasteiger partial charge in [0, 0.05) is 31.9 Å². The van der Waals surface area contributed by atoms with Crippen molar-refractivity contribution in [1.82, 2.24) is 9.80 Å². The predicted molar refractivity (Wildman–Crippen MR) is 117 cm³/mol. The van der Waals surface area contributed by atoms with Gasteiger partial charge in [-0.15, -0.1) is 0 Å². The first kappa shape index (κ1) is 23.9. The zero-order valence-electron chi connectivity index (χ0n) is 18.6. The summed E-state index contributed by atoms with van der Waals surface area (Å²) in [5.41, 5.74) is 5.66. The molecular weight excluding hydrogens is 405 g/mol. The number of carbonyl (C=O) groups excluding carboxylic acids is 1. The average molecular weight is 441 g/mol. The van der Waals surface area contributed by atoms with Crippen molar-refractivity contribution in [2.24, 2.45) is 17.6 Å². The molecule has 2 aliphatic rings. The molecule has 1 atom stereocenters. The first-order valence-electron chi connectivity index (χ1n) is 11.3. The number of anilines is 1. The van der Waals surface area contributed by atoms with Gasteiger partial charge >= 0.3 is 6.18 Å². The van der Waals surface area contributed by atoms with Crippen molar-refractivity contribution in [2.75, 3.05) is 51.7 Å².